The summed E-state index contributed by atoms with van der Waals surface area (Å²) in [5.74, 6) is 5.89. The first-order valence-electron chi connectivity index (χ1n) is 11.9. The second-order valence-electron chi connectivity index (χ2n) is 8.13. The van der Waals surface area contributed by atoms with Crippen molar-refractivity contribution in [3.63, 3.8) is 0 Å². The maximum Gasteiger partial charge on any atom is 0.337 e. The van der Waals surface area contributed by atoms with Crippen molar-refractivity contribution in [1.29, 1.82) is 0 Å². The number of nitrogens with zero attached hydrogens (tertiary/aromatic N) is 5. The highest BCUT2D eigenvalue weighted by molar-refractivity contribution is 5.78. The van der Waals surface area contributed by atoms with Crippen LogP contribution in [0.25, 0.3) is 16.9 Å². The minimum atomic E-state index is -0.630. The molecule has 3 heterocycles. The number of carbonyl (C=O) groups excluding carboxylic acids is 1. The summed E-state index contributed by atoms with van der Waals surface area (Å²) >= 11 is 0. The normalized spacial score (nSPS) is 13.5. The Morgan fingerprint density at radius 2 is 1.89 bits per heavy atom. The van der Waals surface area contributed by atoms with Gasteiger partial charge in [0.15, 0.2) is 11.2 Å². The molecule has 1 aliphatic rings. The topological polar surface area (TPSA) is 103 Å². The summed E-state index contributed by atoms with van der Waals surface area (Å²) in [6, 6.07) is 7.28. The molecule has 2 aromatic heterocycles. The van der Waals surface area contributed by atoms with Gasteiger partial charge in [0.25, 0.3) is 5.56 Å². The van der Waals surface area contributed by atoms with Gasteiger partial charge in [-0.15, -0.1) is 5.92 Å². The lowest BCUT2D eigenvalue weighted by Gasteiger charge is -2.28. The Bertz CT molecular complexity index is 1420. The van der Waals surface area contributed by atoms with Crippen molar-refractivity contribution in [1.82, 2.24) is 24.0 Å². The summed E-state index contributed by atoms with van der Waals surface area (Å²) in [4.78, 5) is 47.0. The van der Waals surface area contributed by atoms with Crippen LogP contribution in [0.2, 0.25) is 0 Å². The summed E-state index contributed by atoms with van der Waals surface area (Å²) in [6.07, 6.45) is 0.630. The van der Waals surface area contributed by atoms with Crippen molar-refractivity contribution in [2.24, 2.45) is 0 Å². The van der Waals surface area contributed by atoms with E-state index in [0.717, 1.165) is 23.2 Å². The van der Waals surface area contributed by atoms with Gasteiger partial charge in [-0.1, -0.05) is 31.0 Å². The molecular formula is C25H30N6O4. The fraction of sp³-hybridized carbons (Fsp3) is 0.440. The minimum Gasteiger partial charge on any atom is -0.465 e. The van der Waals surface area contributed by atoms with Gasteiger partial charge >= 0.3 is 11.7 Å². The molecule has 10 heteroatoms. The Kier molecular flexibility index (Phi) is 7.36. The van der Waals surface area contributed by atoms with E-state index < -0.39 is 17.2 Å². The molecule has 35 heavy (non-hydrogen) atoms. The fourth-order valence-corrected chi connectivity index (χ4v) is 4.36. The number of rotatable bonds is 7. The molecule has 184 valence electrons. The van der Waals surface area contributed by atoms with Crippen molar-refractivity contribution < 1.29 is 9.53 Å². The van der Waals surface area contributed by atoms with Crippen molar-refractivity contribution in [3.8, 4) is 17.5 Å². The van der Waals surface area contributed by atoms with E-state index in [4.69, 9.17) is 9.72 Å². The molecule has 0 bridgehead atoms. The Morgan fingerprint density at radius 3 is 2.57 bits per heavy atom. The highest BCUT2D eigenvalue weighted by Crippen LogP contribution is 2.22. The molecule has 0 radical (unpaired) electrons. The van der Waals surface area contributed by atoms with Crippen LogP contribution >= 0.6 is 0 Å². The van der Waals surface area contributed by atoms with E-state index in [1.54, 1.807) is 30.5 Å². The van der Waals surface area contributed by atoms with Gasteiger partial charge in [-0.05, 0) is 31.9 Å². The molecule has 1 aromatic carbocycles. The highest BCUT2D eigenvalue weighted by Gasteiger charge is 2.27. The number of fused-ring (bicyclic) bond motifs is 1. The van der Waals surface area contributed by atoms with E-state index in [1.165, 1.54) is 4.57 Å². The summed E-state index contributed by atoms with van der Waals surface area (Å²) in [5.41, 5.74) is 0.603. The third kappa shape index (κ3) is 4.59. The third-order valence-electron chi connectivity index (χ3n) is 6.03. The molecule has 10 nitrogen and oxygen atoms in total. The van der Waals surface area contributed by atoms with Gasteiger partial charge in [0.05, 0.1) is 18.8 Å². The van der Waals surface area contributed by atoms with Crippen LogP contribution in [0, 0.1) is 11.8 Å². The van der Waals surface area contributed by atoms with Gasteiger partial charge in [0.1, 0.15) is 6.54 Å². The summed E-state index contributed by atoms with van der Waals surface area (Å²) < 4.78 is 9.26. The number of aryl methyl sites for hydroxylation is 1. The van der Waals surface area contributed by atoms with Gasteiger partial charge in [-0.25, -0.2) is 9.36 Å². The Balaban J connectivity index is 2.09. The van der Waals surface area contributed by atoms with Crippen molar-refractivity contribution in [2.45, 2.75) is 40.3 Å². The van der Waals surface area contributed by atoms with Crippen molar-refractivity contribution >= 4 is 23.1 Å². The second-order valence-corrected chi connectivity index (χ2v) is 8.13. The predicted molar refractivity (Wildman–Crippen MR) is 134 cm³/mol. The number of nitrogens with one attached hydrogen (secondary N) is 1. The monoisotopic (exact) mass is 478 g/mol. The second kappa shape index (κ2) is 10.6. The molecule has 0 saturated carbocycles. The average Bonchev–Trinajstić information content (AvgIpc) is 3.26. The molecule has 0 spiro atoms. The van der Waals surface area contributed by atoms with Crippen LogP contribution in [0.1, 0.15) is 26.3 Å². The highest BCUT2D eigenvalue weighted by atomic mass is 16.5. The van der Waals surface area contributed by atoms with Crippen LogP contribution in [-0.4, -0.2) is 57.4 Å². The van der Waals surface area contributed by atoms with Crippen molar-refractivity contribution in [3.05, 3.63) is 50.7 Å². The molecule has 1 aliphatic heterocycles. The number of benzene rings is 1. The first-order valence-corrected chi connectivity index (χ1v) is 11.9. The molecule has 0 amide bonds. The minimum absolute atomic E-state index is 0.157. The van der Waals surface area contributed by atoms with Gasteiger partial charge in [-0.3, -0.25) is 18.7 Å². The SMILES string of the molecule is CC#CCn1c(N2CCNCC2)nc2c1c(=O)n(-c1ccccc1CC)c(=O)n2CC(=O)OCC. The average molecular weight is 479 g/mol. The first kappa shape index (κ1) is 24.3. The molecule has 3 aromatic rings. The number of aromatic nitrogens is 4. The Labute approximate surface area is 203 Å². The van der Waals surface area contributed by atoms with Crippen LogP contribution in [0.15, 0.2) is 33.9 Å². The molecule has 0 unspecified atom stereocenters. The lowest BCUT2D eigenvalue weighted by molar-refractivity contribution is -0.143. The van der Waals surface area contributed by atoms with E-state index in [9.17, 15) is 14.4 Å². The Hall–Kier alpha value is -3.84. The first-order chi connectivity index (χ1) is 17.0. The van der Waals surface area contributed by atoms with Gasteiger partial charge in [-0.2, -0.15) is 4.98 Å². The third-order valence-corrected chi connectivity index (χ3v) is 6.03. The van der Waals surface area contributed by atoms with E-state index in [-0.39, 0.29) is 30.9 Å². The van der Waals surface area contributed by atoms with Crippen LogP contribution < -0.4 is 21.5 Å². The molecule has 4 rings (SSSR count). The zero-order valence-corrected chi connectivity index (χ0v) is 20.3. The molecule has 1 saturated heterocycles. The van der Waals surface area contributed by atoms with E-state index in [1.807, 2.05) is 19.1 Å². The number of carbonyl (C=O) groups is 1. The molecule has 0 aliphatic carbocycles. The van der Waals surface area contributed by atoms with Crippen molar-refractivity contribution in [2.75, 3.05) is 37.7 Å². The summed E-state index contributed by atoms with van der Waals surface area (Å²) in [6.45, 7) is 8.38. The molecule has 1 fully saturated rings. The van der Waals surface area contributed by atoms with Gasteiger partial charge < -0.3 is 15.0 Å². The number of hydrogen-bond acceptors (Lipinski definition) is 7. The number of hydrogen-bond donors (Lipinski definition) is 1. The number of imidazole rings is 1. The maximum atomic E-state index is 14.0. The molecular weight excluding hydrogens is 448 g/mol. The zero-order valence-electron chi connectivity index (χ0n) is 20.3. The lowest BCUT2D eigenvalue weighted by Crippen LogP contribution is -2.44. The molecule has 0 atom stereocenters. The van der Waals surface area contributed by atoms with Crippen LogP contribution in [0.3, 0.4) is 0 Å². The van der Waals surface area contributed by atoms with Gasteiger partial charge in [0, 0.05) is 26.2 Å². The van der Waals surface area contributed by atoms with Crippen LogP contribution in [-0.2, 0) is 29.0 Å². The number of ether oxygens (including phenoxy) is 1. The summed E-state index contributed by atoms with van der Waals surface area (Å²) in [7, 11) is 0. The fourth-order valence-electron chi connectivity index (χ4n) is 4.36. The van der Waals surface area contributed by atoms with E-state index in [2.05, 4.69) is 22.1 Å². The smallest absolute Gasteiger partial charge is 0.337 e. The predicted octanol–water partition coefficient (Wildman–Crippen LogP) is 0.907. The zero-order chi connectivity index (χ0) is 24.9. The molecule has 1 N–H and O–H groups in total. The van der Waals surface area contributed by atoms with Crippen LogP contribution in [0.4, 0.5) is 5.95 Å². The Morgan fingerprint density at radius 1 is 1.14 bits per heavy atom. The van der Waals surface area contributed by atoms with Gasteiger partial charge in [0.2, 0.25) is 5.95 Å². The quantitative estimate of drug-likeness (QED) is 0.398. The summed E-state index contributed by atoms with van der Waals surface area (Å²) in [5, 5.41) is 3.31. The van der Waals surface area contributed by atoms with E-state index >= 15 is 0 Å². The maximum absolute atomic E-state index is 14.0. The van der Waals surface area contributed by atoms with E-state index in [0.29, 0.717) is 31.1 Å². The number of para-hydroxylation sites is 1. The standard InChI is InChI=1S/C25H30N6O4/c1-4-7-14-29-21-22(27-24(29)28-15-12-26-13-16-28)30(17-20(32)35-6-3)25(34)31(23(21)33)19-11-9-8-10-18(19)5-2/h8-11,26H,5-6,12-17H2,1-3H3. The number of anilines is 1. The number of piperazine rings is 1. The largest absolute Gasteiger partial charge is 0.465 e. The lowest BCUT2D eigenvalue weighted by atomic mass is 10.1. The van der Waals surface area contributed by atoms with Crippen LogP contribution in [0.5, 0.6) is 0 Å². The number of esters is 1.